The third-order valence-electron chi connectivity index (χ3n) is 13.6. The molecule has 0 N–H and O–H groups in total. The van der Waals surface area contributed by atoms with E-state index < -0.39 is 0 Å². The molecular formula is C63H46N2. The lowest BCUT2D eigenvalue weighted by Crippen LogP contribution is -2.17. The zero-order chi connectivity index (χ0) is 43.5. The van der Waals surface area contributed by atoms with Crippen LogP contribution in [0.5, 0.6) is 0 Å². The van der Waals surface area contributed by atoms with Crippen molar-refractivity contribution in [1.82, 2.24) is 0 Å². The molecule has 2 aliphatic carbocycles. The minimum Gasteiger partial charge on any atom is -0.311 e. The Labute approximate surface area is 381 Å². The van der Waals surface area contributed by atoms with Gasteiger partial charge in [-0.3, -0.25) is 0 Å². The second kappa shape index (κ2) is 15.6. The van der Waals surface area contributed by atoms with Crippen LogP contribution < -0.4 is 9.80 Å². The maximum atomic E-state index is 2.47. The minimum absolute atomic E-state index is 0.211. The van der Waals surface area contributed by atoms with Gasteiger partial charge in [-0.1, -0.05) is 190 Å². The van der Waals surface area contributed by atoms with Crippen LogP contribution in [0, 0.1) is 0 Å². The Balaban J connectivity index is 0.891. The molecule has 10 aromatic rings. The lowest BCUT2D eigenvalue weighted by molar-refractivity contribution is 0.660. The van der Waals surface area contributed by atoms with Crippen molar-refractivity contribution in [2.45, 2.75) is 19.3 Å². The standard InChI is InChI=1S/C63H46N2/c1-63(2)59-41-44(26-25-43-27-32-49(33-28-43)64(47-17-8-4-9-18-47)48-19-10-5-11-20-48)29-37-54(59)55-38-36-51(42-60(55)63)65(50-34-30-46(31-35-50)45-15-6-3-7-16-45)61-40-39-57-53-22-13-12-21-52(53)56-23-14-24-58(61)62(56)57/h3-42H,1-2H3/b26-25+. The fraction of sp³-hybridized carbons (Fsp3) is 0.0476. The van der Waals surface area contributed by atoms with Gasteiger partial charge in [0.2, 0.25) is 0 Å². The van der Waals surface area contributed by atoms with Gasteiger partial charge in [0.05, 0.1) is 5.69 Å². The van der Waals surface area contributed by atoms with E-state index in [1.165, 1.54) is 77.7 Å². The lowest BCUT2D eigenvalue weighted by Gasteiger charge is -2.29. The van der Waals surface area contributed by atoms with Gasteiger partial charge in [0.1, 0.15) is 0 Å². The Morgan fingerprint density at radius 3 is 1.46 bits per heavy atom. The smallest absolute Gasteiger partial charge is 0.0540 e. The highest BCUT2D eigenvalue weighted by atomic mass is 15.1. The first-order valence-electron chi connectivity index (χ1n) is 22.6. The Morgan fingerprint density at radius 2 is 0.785 bits per heavy atom. The van der Waals surface area contributed by atoms with Gasteiger partial charge in [0, 0.05) is 39.2 Å². The van der Waals surface area contributed by atoms with Crippen LogP contribution in [-0.2, 0) is 5.41 Å². The molecule has 0 aliphatic heterocycles. The summed E-state index contributed by atoms with van der Waals surface area (Å²) < 4.78 is 0. The molecule has 12 rings (SSSR count). The first-order valence-corrected chi connectivity index (χ1v) is 22.6. The number of hydrogen-bond donors (Lipinski definition) is 0. The van der Waals surface area contributed by atoms with E-state index in [-0.39, 0.29) is 5.41 Å². The fourth-order valence-corrected chi connectivity index (χ4v) is 10.4. The Kier molecular flexibility index (Phi) is 9.21. The number of para-hydroxylation sites is 2. The molecule has 0 spiro atoms. The van der Waals surface area contributed by atoms with E-state index in [4.69, 9.17) is 0 Å². The summed E-state index contributed by atoms with van der Waals surface area (Å²) in [5, 5.41) is 2.58. The van der Waals surface area contributed by atoms with E-state index in [0.29, 0.717) is 0 Å². The van der Waals surface area contributed by atoms with Gasteiger partial charge in [0.15, 0.2) is 0 Å². The molecular weight excluding hydrogens is 785 g/mol. The minimum atomic E-state index is -0.211. The number of fused-ring (bicyclic) bond motifs is 6. The molecule has 0 heterocycles. The van der Waals surface area contributed by atoms with Crippen LogP contribution in [0.4, 0.5) is 34.1 Å². The lowest BCUT2D eigenvalue weighted by atomic mass is 9.81. The zero-order valence-electron chi connectivity index (χ0n) is 36.5. The number of hydrogen-bond acceptors (Lipinski definition) is 2. The average Bonchev–Trinajstić information content (AvgIpc) is 3.81. The van der Waals surface area contributed by atoms with Crippen molar-refractivity contribution in [2.75, 3.05) is 9.80 Å². The number of nitrogens with zero attached hydrogens (tertiary/aromatic N) is 2. The van der Waals surface area contributed by atoms with Gasteiger partial charge in [-0.15, -0.1) is 0 Å². The fourth-order valence-electron chi connectivity index (χ4n) is 10.4. The molecule has 0 amide bonds. The summed E-state index contributed by atoms with van der Waals surface area (Å²) in [6.45, 7) is 4.77. The van der Waals surface area contributed by atoms with Crippen LogP contribution in [-0.4, -0.2) is 0 Å². The van der Waals surface area contributed by atoms with Crippen LogP contribution in [0.15, 0.2) is 231 Å². The predicted octanol–water partition coefficient (Wildman–Crippen LogP) is 17.6. The zero-order valence-corrected chi connectivity index (χ0v) is 36.5. The summed E-state index contributed by atoms with van der Waals surface area (Å²) in [4.78, 5) is 4.77. The summed E-state index contributed by atoms with van der Waals surface area (Å²) in [5.74, 6) is 0. The molecule has 2 nitrogen and oxygen atoms in total. The van der Waals surface area contributed by atoms with Crippen LogP contribution in [0.3, 0.4) is 0 Å². The maximum absolute atomic E-state index is 2.47. The molecule has 0 bridgehead atoms. The van der Waals surface area contributed by atoms with Gasteiger partial charge < -0.3 is 9.80 Å². The van der Waals surface area contributed by atoms with Crippen molar-refractivity contribution >= 4 is 57.0 Å². The van der Waals surface area contributed by atoms with E-state index in [1.807, 2.05) is 0 Å². The number of benzene rings is 10. The molecule has 0 aromatic heterocycles. The quantitative estimate of drug-likeness (QED) is 0.134. The highest BCUT2D eigenvalue weighted by molar-refractivity contribution is 6.19. The van der Waals surface area contributed by atoms with Crippen molar-refractivity contribution in [3.05, 3.63) is 253 Å². The number of anilines is 6. The van der Waals surface area contributed by atoms with Crippen molar-refractivity contribution < 1.29 is 0 Å². The predicted molar refractivity (Wildman–Crippen MR) is 276 cm³/mol. The van der Waals surface area contributed by atoms with E-state index in [2.05, 4.69) is 266 Å². The average molecular weight is 831 g/mol. The largest absolute Gasteiger partial charge is 0.311 e. The van der Waals surface area contributed by atoms with Gasteiger partial charge in [-0.2, -0.15) is 0 Å². The van der Waals surface area contributed by atoms with Gasteiger partial charge in [-0.25, -0.2) is 0 Å². The van der Waals surface area contributed by atoms with E-state index in [0.717, 1.165) is 34.0 Å². The van der Waals surface area contributed by atoms with Crippen molar-refractivity contribution in [2.24, 2.45) is 0 Å². The third kappa shape index (κ3) is 6.57. The highest BCUT2D eigenvalue weighted by Crippen LogP contribution is 2.54. The highest BCUT2D eigenvalue weighted by Gasteiger charge is 2.36. The second-order valence-corrected chi connectivity index (χ2v) is 17.7. The van der Waals surface area contributed by atoms with E-state index >= 15 is 0 Å². The SMILES string of the molecule is CC1(C)c2cc(/C=C/c3ccc(N(c4ccccc4)c4ccccc4)cc3)ccc2-c2ccc(N(c3ccc(-c4ccccc4)cc3)c3ccc4c5c(cccc35)-c3ccccc3-4)cc21. The van der Waals surface area contributed by atoms with Crippen molar-refractivity contribution in [3.8, 4) is 44.5 Å². The molecule has 10 aromatic carbocycles. The monoisotopic (exact) mass is 830 g/mol. The Morgan fingerprint density at radius 1 is 0.323 bits per heavy atom. The van der Waals surface area contributed by atoms with E-state index in [1.54, 1.807) is 0 Å². The van der Waals surface area contributed by atoms with E-state index in [9.17, 15) is 0 Å². The molecule has 0 saturated heterocycles. The first-order chi connectivity index (χ1) is 32.0. The summed E-state index contributed by atoms with van der Waals surface area (Å²) >= 11 is 0. The molecule has 0 unspecified atom stereocenters. The van der Waals surface area contributed by atoms with Gasteiger partial charge in [0.25, 0.3) is 0 Å². The summed E-state index contributed by atoms with van der Waals surface area (Å²) in [7, 11) is 0. The van der Waals surface area contributed by atoms with Crippen LogP contribution in [0.25, 0.3) is 67.4 Å². The third-order valence-corrected chi connectivity index (χ3v) is 13.6. The Hall–Kier alpha value is -8.20. The second-order valence-electron chi connectivity index (χ2n) is 17.7. The van der Waals surface area contributed by atoms with Crippen LogP contribution in [0.1, 0.15) is 36.1 Å². The van der Waals surface area contributed by atoms with Crippen LogP contribution >= 0.6 is 0 Å². The summed E-state index contributed by atoms with van der Waals surface area (Å²) in [6, 6.07) is 84.1. The summed E-state index contributed by atoms with van der Waals surface area (Å²) in [6.07, 6.45) is 4.48. The molecule has 2 aliphatic rings. The van der Waals surface area contributed by atoms with Crippen molar-refractivity contribution in [1.29, 1.82) is 0 Å². The topological polar surface area (TPSA) is 6.48 Å². The van der Waals surface area contributed by atoms with Gasteiger partial charge >= 0.3 is 0 Å². The summed E-state index contributed by atoms with van der Waals surface area (Å²) in [5.41, 5.74) is 21.9. The van der Waals surface area contributed by atoms with Gasteiger partial charge in [-0.05, 0) is 139 Å². The molecule has 308 valence electrons. The molecule has 0 saturated carbocycles. The molecule has 2 heteroatoms. The molecule has 0 atom stereocenters. The maximum Gasteiger partial charge on any atom is 0.0540 e. The van der Waals surface area contributed by atoms with Crippen molar-refractivity contribution in [3.63, 3.8) is 0 Å². The Bertz CT molecular complexity index is 3350. The molecule has 0 fully saturated rings. The molecule has 0 radical (unpaired) electrons. The molecule has 65 heavy (non-hydrogen) atoms. The number of rotatable bonds is 9. The van der Waals surface area contributed by atoms with Crippen LogP contribution in [0.2, 0.25) is 0 Å². The normalized spacial score (nSPS) is 12.8. The first kappa shape index (κ1) is 38.5.